The summed E-state index contributed by atoms with van der Waals surface area (Å²) in [6, 6.07) is 12.4. The number of para-hydroxylation sites is 1. The Balaban J connectivity index is 0.000000569. The van der Waals surface area contributed by atoms with Gasteiger partial charge in [0.1, 0.15) is 0 Å². The van der Waals surface area contributed by atoms with Crippen molar-refractivity contribution in [1.29, 1.82) is 0 Å². The zero-order valence-electron chi connectivity index (χ0n) is 14.5. The Morgan fingerprint density at radius 2 is 1.72 bits per heavy atom. The molecule has 1 N–H and O–H groups in total. The van der Waals surface area contributed by atoms with Crippen molar-refractivity contribution in [3.05, 3.63) is 59.2 Å². The monoisotopic (exact) mass is 346 g/mol. The summed E-state index contributed by atoms with van der Waals surface area (Å²) in [6.45, 7) is 2.51. The van der Waals surface area contributed by atoms with Crippen LogP contribution in [0.15, 0.2) is 42.5 Å². The number of benzene rings is 2. The van der Waals surface area contributed by atoms with Crippen LogP contribution in [0.3, 0.4) is 0 Å². The summed E-state index contributed by atoms with van der Waals surface area (Å²) in [5.74, 6) is 0. The molecule has 1 aliphatic heterocycles. The third kappa shape index (κ3) is 2.82. The van der Waals surface area contributed by atoms with Gasteiger partial charge in [-0.3, -0.25) is 0 Å². The van der Waals surface area contributed by atoms with Gasteiger partial charge in [0.25, 0.3) is 0 Å². The highest BCUT2D eigenvalue weighted by Gasteiger charge is 2.36. The van der Waals surface area contributed by atoms with Gasteiger partial charge in [-0.15, -0.1) is 0 Å². The van der Waals surface area contributed by atoms with Gasteiger partial charge in [-0.05, 0) is 37.7 Å². The lowest BCUT2D eigenvalue weighted by Gasteiger charge is -2.11. The summed E-state index contributed by atoms with van der Waals surface area (Å²) >= 11 is 0. The van der Waals surface area contributed by atoms with Crippen molar-refractivity contribution < 1.29 is 13.2 Å². The smallest absolute Gasteiger partial charge is 0.335 e. The molecule has 0 bridgehead atoms. The van der Waals surface area contributed by atoms with E-state index >= 15 is 0 Å². The van der Waals surface area contributed by atoms with E-state index in [1.54, 1.807) is 6.07 Å². The van der Waals surface area contributed by atoms with E-state index in [-0.39, 0.29) is 0 Å². The first-order valence-electron chi connectivity index (χ1n) is 8.32. The maximum absolute atomic E-state index is 13.4. The van der Waals surface area contributed by atoms with Gasteiger partial charge in [-0.25, -0.2) is 0 Å². The first-order valence-corrected chi connectivity index (χ1v) is 8.32. The van der Waals surface area contributed by atoms with E-state index in [0.717, 1.165) is 27.8 Å². The third-order valence-corrected chi connectivity index (χ3v) is 4.45. The molecule has 25 heavy (non-hydrogen) atoms. The van der Waals surface area contributed by atoms with E-state index in [9.17, 15) is 13.2 Å². The Morgan fingerprint density at radius 1 is 1.04 bits per heavy atom. The summed E-state index contributed by atoms with van der Waals surface area (Å²) in [5.41, 5.74) is 3.88. The number of aryl methyl sites for hydroxylation is 1. The third-order valence-electron chi connectivity index (χ3n) is 4.45. The summed E-state index contributed by atoms with van der Waals surface area (Å²) < 4.78 is 42.1. The molecule has 0 unspecified atom stereocenters. The van der Waals surface area contributed by atoms with Crippen LogP contribution in [0.1, 0.15) is 23.6 Å². The van der Waals surface area contributed by atoms with Crippen LogP contribution in [0.4, 0.5) is 13.2 Å². The Hall–Kier alpha value is -2.27. The van der Waals surface area contributed by atoms with Crippen LogP contribution in [0.2, 0.25) is 0 Å². The van der Waals surface area contributed by atoms with Gasteiger partial charge in [0.15, 0.2) is 0 Å². The fraction of sp³-hybridized carbons (Fsp3) is 0.300. The second kappa shape index (κ2) is 6.56. The van der Waals surface area contributed by atoms with Crippen LogP contribution in [-0.4, -0.2) is 18.7 Å². The first-order chi connectivity index (χ1) is 11.9. The number of alkyl halides is 3. The number of hydrogen-bond donors (Lipinski definition) is 1. The topological polar surface area (TPSA) is 17.0 Å². The Labute approximate surface area is 145 Å². The van der Waals surface area contributed by atoms with Crippen molar-refractivity contribution >= 4 is 10.9 Å². The van der Waals surface area contributed by atoms with E-state index in [2.05, 4.69) is 5.32 Å². The number of hydrogen-bond acceptors (Lipinski definition) is 1. The van der Waals surface area contributed by atoms with Gasteiger partial charge in [0.05, 0.1) is 16.8 Å². The first kappa shape index (κ1) is 17.5. The molecule has 2 aromatic carbocycles. The minimum Gasteiger partial charge on any atom is -0.335 e. The summed E-state index contributed by atoms with van der Waals surface area (Å²) in [7, 11) is 3.75. The van der Waals surface area contributed by atoms with Crippen LogP contribution in [-0.2, 0) is 19.1 Å². The lowest BCUT2D eigenvalue weighted by Crippen LogP contribution is -2.08. The number of nitrogens with one attached hydrogen (secondary N) is 1. The summed E-state index contributed by atoms with van der Waals surface area (Å²) in [6.07, 6.45) is -3.62. The number of nitrogens with zero attached hydrogens (tertiary/aromatic N) is 1. The highest BCUT2D eigenvalue weighted by Crippen LogP contribution is 2.45. The van der Waals surface area contributed by atoms with Crippen molar-refractivity contribution in [3.63, 3.8) is 0 Å². The Kier molecular flexibility index (Phi) is 4.60. The molecule has 0 saturated carbocycles. The minimum atomic E-state index is -4.34. The second-order valence-corrected chi connectivity index (χ2v) is 6.12. The van der Waals surface area contributed by atoms with Crippen LogP contribution in [0, 0.1) is 0 Å². The van der Waals surface area contributed by atoms with Crippen LogP contribution < -0.4 is 5.32 Å². The van der Waals surface area contributed by atoms with Gasteiger partial charge >= 0.3 is 6.18 Å². The molecule has 0 fully saturated rings. The van der Waals surface area contributed by atoms with Crippen molar-refractivity contribution in [2.75, 3.05) is 14.1 Å². The Bertz CT molecular complexity index is 907. The molecule has 1 aromatic heterocycles. The van der Waals surface area contributed by atoms with Crippen molar-refractivity contribution in [1.82, 2.24) is 9.88 Å². The largest absolute Gasteiger partial charge is 0.418 e. The van der Waals surface area contributed by atoms with E-state index in [1.165, 1.54) is 12.1 Å². The van der Waals surface area contributed by atoms with Crippen molar-refractivity contribution in [2.24, 2.45) is 0 Å². The van der Waals surface area contributed by atoms with Crippen LogP contribution in [0.5, 0.6) is 0 Å². The summed E-state index contributed by atoms with van der Waals surface area (Å²) in [4.78, 5) is 0. The molecule has 0 atom stereocenters. The van der Waals surface area contributed by atoms with Gasteiger partial charge in [0, 0.05) is 17.5 Å². The molecular formula is C20H21F3N2. The lowest BCUT2D eigenvalue weighted by molar-refractivity contribution is -0.136. The predicted molar refractivity (Wildman–Crippen MR) is 95.8 cm³/mol. The fourth-order valence-corrected chi connectivity index (χ4v) is 3.59. The van der Waals surface area contributed by atoms with Gasteiger partial charge in [-0.2, -0.15) is 13.2 Å². The lowest BCUT2D eigenvalue weighted by atomic mass is 10.00. The SMILES string of the molecule is CCc1c2n(c3c(C(F)(F)F)cccc13)Cc1ccccc1-2.CNC. The molecule has 1 aliphatic rings. The average molecular weight is 346 g/mol. The van der Waals surface area contributed by atoms with Gasteiger partial charge in [0.2, 0.25) is 0 Å². The molecular weight excluding hydrogens is 325 g/mol. The quantitative estimate of drug-likeness (QED) is 0.508. The minimum absolute atomic E-state index is 0.318. The molecule has 132 valence electrons. The fourth-order valence-electron chi connectivity index (χ4n) is 3.59. The molecule has 5 heteroatoms. The molecule has 2 nitrogen and oxygen atoms in total. The number of halogens is 3. The highest BCUT2D eigenvalue weighted by atomic mass is 19.4. The van der Waals surface area contributed by atoms with Crippen molar-refractivity contribution in [2.45, 2.75) is 26.1 Å². The van der Waals surface area contributed by atoms with Gasteiger partial charge < -0.3 is 9.88 Å². The molecule has 2 heterocycles. The zero-order valence-corrected chi connectivity index (χ0v) is 14.5. The number of rotatable bonds is 1. The number of aromatic nitrogens is 1. The standard InChI is InChI=1S/C18H14F3N.C2H7N/c1-2-12-14-8-5-9-15(18(19,20)21)17(14)22-10-11-6-3-4-7-13(11)16(12)22;1-3-2/h3-9H,2,10H2,1H3;3H,1-2H3. The Morgan fingerprint density at radius 3 is 2.36 bits per heavy atom. The van der Waals surface area contributed by atoms with Crippen molar-refractivity contribution in [3.8, 4) is 11.3 Å². The molecule has 0 radical (unpaired) electrons. The molecule has 0 aliphatic carbocycles. The maximum atomic E-state index is 13.4. The molecule has 4 rings (SSSR count). The molecule has 0 saturated heterocycles. The summed E-state index contributed by atoms with van der Waals surface area (Å²) in [5, 5.41) is 3.47. The normalized spacial score (nSPS) is 12.6. The number of fused-ring (bicyclic) bond motifs is 5. The zero-order chi connectivity index (χ0) is 18.2. The molecule has 0 amide bonds. The van der Waals surface area contributed by atoms with E-state index in [1.807, 2.05) is 49.9 Å². The van der Waals surface area contributed by atoms with E-state index in [4.69, 9.17) is 0 Å². The van der Waals surface area contributed by atoms with E-state index < -0.39 is 11.7 Å². The van der Waals surface area contributed by atoms with Crippen LogP contribution in [0.25, 0.3) is 22.2 Å². The van der Waals surface area contributed by atoms with Crippen LogP contribution >= 0.6 is 0 Å². The molecule has 3 aromatic rings. The second-order valence-electron chi connectivity index (χ2n) is 6.12. The molecule has 0 spiro atoms. The predicted octanol–water partition coefficient (Wildman–Crippen LogP) is 5.09. The highest BCUT2D eigenvalue weighted by molar-refractivity contribution is 5.96. The van der Waals surface area contributed by atoms with E-state index in [0.29, 0.717) is 18.5 Å². The average Bonchev–Trinajstić information content (AvgIpc) is 3.08. The van der Waals surface area contributed by atoms with Gasteiger partial charge in [-0.1, -0.05) is 43.3 Å². The maximum Gasteiger partial charge on any atom is 0.418 e.